The molecule has 4 nitrogen and oxygen atoms in total. The molecule has 1 saturated heterocycles. The maximum atomic E-state index is 12.4. The molecule has 20 heavy (non-hydrogen) atoms. The fourth-order valence-corrected chi connectivity index (χ4v) is 3.57. The van der Waals surface area contributed by atoms with Crippen LogP contribution >= 0.6 is 0 Å². The quantitative estimate of drug-likeness (QED) is 0.543. The molecule has 1 aliphatic carbocycles. The standard InChI is InChI=1S/C16H21NO3/c1-15(2,3)20-14(19)11-9-10-5-6-12(11)17-8-7-13(18)16(10,17)4/h5-8,10-12H,9H2,1-4H3/t10-,11+,12+,16-/m1/s1. The molecule has 3 aliphatic heterocycles. The summed E-state index contributed by atoms with van der Waals surface area (Å²) in [4.78, 5) is 26.6. The van der Waals surface area contributed by atoms with E-state index in [0.717, 1.165) is 0 Å². The molecular formula is C16H21NO3. The molecule has 4 aliphatic rings. The maximum Gasteiger partial charge on any atom is 0.311 e. The van der Waals surface area contributed by atoms with Gasteiger partial charge in [-0.1, -0.05) is 12.2 Å². The number of ketones is 1. The van der Waals surface area contributed by atoms with E-state index in [9.17, 15) is 9.59 Å². The summed E-state index contributed by atoms with van der Waals surface area (Å²) in [5.74, 6) is -0.133. The zero-order valence-corrected chi connectivity index (χ0v) is 12.4. The van der Waals surface area contributed by atoms with Gasteiger partial charge in [0.15, 0.2) is 5.78 Å². The molecule has 0 aromatic carbocycles. The van der Waals surface area contributed by atoms with Crippen molar-refractivity contribution in [2.24, 2.45) is 11.8 Å². The van der Waals surface area contributed by atoms with Gasteiger partial charge in [0, 0.05) is 12.1 Å². The Hall–Kier alpha value is -1.58. The fraction of sp³-hybridized carbons (Fsp3) is 0.625. The van der Waals surface area contributed by atoms with Gasteiger partial charge in [-0.05, 0) is 40.2 Å². The van der Waals surface area contributed by atoms with Crippen LogP contribution in [0.1, 0.15) is 34.1 Å². The molecule has 4 atom stereocenters. The zero-order chi connectivity index (χ0) is 14.7. The highest BCUT2D eigenvalue weighted by atomic mass is 16.6. The predicted molar refractivity (Wildman–Crippen MR) is 74.8 cm³/mol. The first-order valence-corrected chi connectivity index (χ1v) is 7.16. The Morgan fingerprint density at radius 1 is 1.40 bits per heavy atom. The van der Waals surface area contributed by atoms with Gasteiger partial charge in [-0.15, -0.1) is 0 Å². The van der Waals surface area contributed by atoms with E-state index in [2.05, 4.69) is 6.08 Å². The molecule has 0 saturated carbocycles. The van der Waals surface area contributed by atoms with Gasteiger partial charge < -0.3 is 9.64 Å². The first-order chi connectivity index (χ1) is 9.23. The Labute approximate surface area is 119 Å². The number of carbonyl (C=O) groups excluding carboxylic acids is 2. The van der Waals surface area contributed by atoms with Gasteiger partial charge in [-0.3, -0.25) is 9.59 Å². The summed E-state index contributed by atoms with van der Waals surface area (Å²) in [5.41, 5.74) is -0.977. The minimum Gasteiger partial charge on any atom is -0.460 e. The Bertz CT molecular complexity index is 528. The summed E-state index contributed by atoms with van der Waals surface area (Å²) in [6, 6.07) is -0.0671. The van der Waals surface area contributed by atoms with E-state index in [0.29, 0.717) is 6.42 Å². The van der Waals surface area contributed by atoms with Crippen molar-refractivity contribution in [3.63, 3.8) is 0 Å². The highest BCUT2D eigenvalue weighted by Gasteiger charge is 2.57. The average Bonchev–Trinajstić information content (AvgIpc) is 2.66. The molecule has 4 heteroatoms. The summed E-state index contributed by atoms with van der Waals surface area (Å²) in [5, 5.41) is 0. The summed E-state index contributed by atoms with van der Waals surface area (Å²) in [6.07, 6.45) is 8.29. The van der Waals surface area contributed by atoms with Crippen molar-refractivity contribution in [1.29, 1.82) is 0 Å². The lowest BCUT2D eigenvalue weighted by Crippen LogP contribution is -2.64. The van der Waals surface area contributed by atoms with Gasteiger partial charge in [0.1, 0.15) is 11.1 Å². The monoisotopic (exact) mass is 275 g/mol. The van der Waals surface area contributed by atoms with Crippen LogP contribution in [0.3, 0.4) is 0 Å². The van der Waals surface area contributed by atoms with Gasteiger partial charge in [-0.2, -0.15) is 0 Å². The lowest BCUT2D eigenvalue weighted by molar-refractivity contribution is -0.167. The third-order valence-corrected chi connectivity index (χ3v) is 4.64. The summed E-state index contributed by atoms with van der Waals surface area (Å²) < 4.78 is 5.53. The molecule has 2 bridgehead atoms. The number of carbonyl (C=O) groups is 2. The minimum absolute atomic E-state index is 0.0671. The van der Waals surface area contributed by atoms with E-state index in [4.69, 9.17) is 4.74 Å². The van der Waals surface area contributed by atoms with Crippen molar-refractivity contribution in [2.75, 3.05) is 0 Å². The van der Waals surface area contributed by atoms with Crippen LogP contribution < -0.4 is 0 Å². The number of fused-ring (bicyclic) bond motifs is 1. The van der Waals surface area contributed by atoms with Crippen LogP contribution in [0.25, 0.3) is 0 Å². The predicted octanol–water partition coefficient (Wildman–Crippen LogP) is 2.06. The number of piperidine rings is 1. The second-order valence-electron chi connectivity index (χ2n) is 7.09. The highest BCUT2D eigenvalue weighted by Crippen LogP contribution is 2.48. The zero-order valence-electron chi connectivity index (χ0n) is 12.4. The topological polar surface area (TPSA) is 46.6 Å². The number of esters is 1. The molecule has 0 spiro atoms. The van der Waals surface area contributed by atoms with Crippen LogP contribution in [-0.2, 0) is 14.3 Å². The summed E-state index contributed by atoms with van der Waals surface area (Å²) in [6.45, 7) is 7.61. The van der Waals surface area contributed by atoms with E-state index in [1.807, 2.05) is 44.9 Å². The van der Waals surface area contributed by atoms with Crippen LogP contribution in [0, 0.1) is 11.8 Å². The van der Waals surface area contributed by atoms with E-state index in [1.54, 1.807) is 6.08 Å². The molecule has 4 rings (SSSR count). The molecule has 3 heterocycles. The van der Waals surface area contributed by atoms with Crippen molar-refractivity contribution in [3.8, 4) is 0 Å². The average molecular weight is 275 g/mol. The second-order valence-corrected chi connectivity index (χ2v) is 7.09. The van der Waals surface area contributed by atoms with Crippen LogP contribution in [0.5, 0.6) is 0 Å². The molecule has 1 fully saturated rings. The van der Waals surface area contributed by atoms with E-state index in [1.165, 1.54) is 0 Å². The van der Waals surface area contributed by atoms with Crippen LogP contribution in [-0.4, -0.2) is 33.8 Å². The molecule has 0 N–H and O–H groups in total. The van der Waals surface area contributed by atoms with Crippen LogP contribution in [0.15, 0.2) is 24.4 Å². The molecular weight excluding hydrogens is 254 g/mol. The van der Waals surface area contributed by atoms with Gasteiger partial charge in [-0.25, -0.2) is 0 Å². The molecule has 0 radical (unpaired) electrons. The van der Waals surface area contributed by atoms with Gasteiger partial charge in [0.25, 0.3) is 0 Å². The minimum atomic E-state index is -0.502. The number of rotatable bonds is 1. The normalized spacial score (nSPS) is 38.3. The Morgan fingerprint density at radius 2 is 2.10 bits per heavy atom. The number of ether oxygens (including phenoxy) is 1. The van der Waals surface area contributed by atoms with E-state index < -0.39 is 11.1 Å². The Morgan fingerprint density at radius 3 is 2.75 bits per heavy atom. The fourth-order valence-electron chi connectivity index (χ4n) is 3.57. The van der Waals surface area contributed by atoms with Gasteiger partial charge >= 0.3 is 5.97 Å². The molecule has 0 unspecified atom stereocenters. The highest BCUT2D eigenvalue weighted by molar-refractivity contribution is 6.01. The third kappa shape index (κ3) is 1.74. The number of nitrogens with zero attached hydrogens (tertiary/aromatic N) is 1. The van der Waals surface area contributed by atoms with Crippen molar-refractivity contribution in [2.45, 2.75) is 51.3 Å². The first kappa shape index (κ1) is 13.4. The molecule has 0 amide bonds. The van der Waals surface area contributed by atoms with E-state index in [-0.39, 0.29) is 29.6 Å². The third-order valence-electron chi connectivity index (χ3n) is 4.64. The van der Waals surface area contributed by atoms with Crippen LogP contribution in [0.2, 0.25) is 0 Å². The molecule has 108 valence electrons. The second kappa shape index (κ2) is 3.96. The van der Waals surface area contributed by atoms with E-state index >= 15 is 0 Å². The first-order valence-electron chi connectivity index (χ1n) is 7.16. The van der Waals surface area contributed by atoms with Crippen molar-refractivity contribution in [3.05, 3.63) is 24.4 Å². The van der Waals surface area contributed by atoms with Crippen molar-refractivity contribution >= 4 is 11.8 Å². The molecule has 0 aromatic rings. The number of hydrogen-bond acceptors (Lipinski definition) is 4. The Kier molecular flexibility index (Phi) is 2.66. The van der Waals surface area contributed by atoms with Crippen LogP contribution in [0.4, 0.5) is 0 Å². The molecule has 0 aromatic heterocycles. The largest absolute Gasteiger partial charge is 0.460 e. The van der Waals surface area contributed by atoms with Crippen molar-refractivity contribution < 1.29 is 14.3 Å². The Balaban J connectivity index is 1.87. The van der Waals surface area contributed by atoms with Gasteiger partial charge in [0.05, 0.1) is 12.0 Å². The lowest BCUT2D eigenvalue weighted by atomic mass is 9.66. The smallest absolute Gasteiger partial charge is 0.311 e. The maximum absolute atomic E-state index is 12.4. The van der Waals surface area contributed by atoms with Gasteiger partial charge in [0.2, 0.25) is 0 Å². The summed E-state index contributed by atoms with van der Waals surface area (Å²) in [7, 11) is 0. The van der Waals surface area contributed by atoms with Crippen molar-refractivity contribution in [1.82, 2.24) is 4.90 Å². The lowest BCUT2D eigenvalue weighted by Gasteiger charge is -2.54. The summed E-state index contributed by atoms with van der Waals surface area (Å²) >= 11 is 0. The number of hydrogen-bond donors (Lipinski definition) is 0. The SMILES string of the molecule is CC(C)(C)OC(=O)[C@H]1C[C@H]2C=C[C@@H]1N1C=CC(=O)[C@@]21C.